The first kappa shape index (κ1) is 21.9. The van der Waals surface area contributed by atoms with Gasteiger partial charge in [-0.05, 0) is 87.3 Å². The molecule has 2 spiro atoms. The molecule has 186 valence electrons. The van der Waals surface area contributed by atoms with E-state index in [-0.39, 0.29) is 40.6 Å². The average molecular weight is 468 g/mol. The van der Waals surface area contributed by atoms with Gasteiger partial charge in [0.15, 0.2) is 11.5 Å². The third kappa shape index (κ3) is 2.25. The van der Waals surface area contributed by atoms with Crippen LogP contribution < -0.4 is 4.74 Å². The van der Waals surface area contributed by atoms with E-state index in [1.54, 1.807) is 0 Å². The molecular formula is C29H41NO4. The van der Waals surface area contributed by atoms with E-state index in [1.165, 1.54) is 30.5 Å². The van der Waals surface area contributed by atoms with E-state index in [4.69, 9.17) is 4.74 Å². The zero-order valence-corrected chi connectivity index (χ0v) is 21.2. The molecule has 1 saturated heterocycles. The van der Waals surface area contributed by atoms with Crippen LogP contribution in [0, 0.1) is 28.1 Å². The molecule has 3 unspecified atom stereocenters. The number of benzene rings is 1. The fourth-order valence-corrected chi connectivity index (χ4v) is 9.74. The fraction of sp³-hybridized carbons (Fsp3) is 0.793. The minimum absolute atomic E-state index is 0.00762. The van der Waals surface area contributed by atoms with Gasteiger partial charge >= 0.3 is 0 Å². The number of nitrogens with zero attached hydrogens (tertiary/aromatic N) is 1. The first-order valence-electron chi connectivity index (χ1n) is 13.6. The molecule has 8 rings (SSSR count). The molecule has 34 heavy (non-hydrogen) atoms. The number of hydrogen-bond donors (Lipinski definition) is 3. The second-order valence-corrected chi connectivity index (χ2v) is 14.0. The Morgan fingerprint density at radius 3 is 2.56 bits per heavy atom. The molecular weight excluding hydrogens is 426 g/mol. The standard InChI is InChI=1S/C29H41NO4/c1-25(2,3)26(4,33)20-14-28-10-9-27(20,16-31)24-29(28)11-12-30(15-17-5-6-17)21(28)13-18-7-8-19(32)23(34-24)22(18)29/h7-8,17,20-21,24,31-33H,5-6,9-16H2,1-4H3/t20-,21-,24?,26?,27+,28?,29+/m1/s1. The highest BCUT2D eigenvalue weighted by Gasteiger charge is 2.81. The molecule has 2 aliphatic heterocycles. The van der Waals surface area contributed by atoms with Crippen molar-refractivity contribution in [1.82, 2.24) is 4.90 Å². The summed E-state index contributed by atoms with van der Waals surface area (Å²) in [6.07, 6.45) is 7.43. The zero-order valence-electron chi connectivity index (χ0n) is 21.2. The van der Waals surface area contributed by atoms with Crippen molar-refractivity contribution < 1.29 is 20.1 Å². The maximum Gasteiger partial charge on any atom is 0.165 e. The highest BCUT2D eigenvalue weighted by atomic mass is 16.5. The van der Waals surface area contributed by atoms with E-state index in [0.29, 0.717) is 11.8 Å². The topological polar surface area (TPSA) is 73.2 Å². The summed E-state index contributed by atoms with van der Waals surface area (Å²) >= 11 is 0. The average Bonchev–Trinajstić information content (AvgIpc) is 3.53. The number of hydrogen-bond acceptors (Lipinski definition) is 5. The summed E-state index contributed by atoms with van der Waals surface area (Å²) in [4.78, 5) is 2.80. The van der Waals surface area contributed by atoms with Crippen LogP contribution in [-0.2, 0) is 11.8 Å². The molecule has 0 amide bonds. The van der Waals surface area contributed by atoms with E-state index >= 15 is 0 Å². The molecule has 5 heteroatoms. The van der Waals surface area contributed by atoms with Gasteiger partial charge in [-0.15, -0.1) is 0 Å². The maximum atomic E-state index is 12.2. The van der Waals surface area contributed by atoms with E-state index in [9.17, 15) is 15.3 Å². The predicted octanol–water partition coefficient (Wildman–Crippen LogP) is 4.01. The van der Waals surface area contributed by atoms with E-state index in [1.807, 2.05) is 13.0 Å². The molecule has 3 N–H and O–H groups in total. The Kier molecular flexibility index (Phi) is 4.08. The largest absolute Gasteiger partial charge is 0.504 e. The number of piperidine rings is 1. The van der Waals surface area contributed by atoms with Gasteiger partial charge in [0.2, 0.25) is 0 Å². The third-order valence-corrected chi connectivity index (χ3v) is 12.0. The fourth-order valence-electron chi connectivity index (χ4n) is 9.74. The van der Waals surface area contributed by atoms with E-state index in [0.717, 1.165) is 44.6 Å². The molecule has 1 aromatic carbocycles. The van der Waals surface area contributed by atoms with Crippen LogP contribution in [0.15, 0.2) is 12.1 Å². The monoisotopic (exact) mass is 467 g/mol. The van der Waals surface area contributed by atoms with Crippen LogP contribution in [0.2, 0.25) is 0 Å². The number of ether oxygens (including phenoxy) is 1. The van der Waals surface area contributed by atoms with Crippen molar-refractivity contribution in [1.29, 1.82) is 0 Å². The van der Waals surface area contributed by atoms with Crippen molar-refractivity contribution in [3.63, 3.8) is 0 Å². The first-order valence-corrected chi connectivity index (χ1v) is 13.6. The van der Waals surface area contributed by atoms with Crippen molar-refractivity contribution in [2.45, 2.75) is 95.8 Å². The minimum atomic E-state index is -0.944. The Bertz CT molecular complexity index is 1060. The van der Waals surface area contributed by atoms with Crippen LogP contribution in [0.25, 0.3) is 0 Å². The van der Waals surface area contributed by atoms with Crippen LogP contribution in [-0.4, -0.2) is 57.7 Å². The predicted molar refractivity (Wildman–Crippen MR) is 130 cm³/mol. The summed E-state index contributed by atoms with van der Waals surface area (Å²) in [6.45, 7) is 10.7. The quantitative estimate of drug-likeness (QED) is 0.624. The molecule has 1 aromatic rings. The molecule has 0 aromatic heterocycles. The number of fused-ring (bicyclic) bond motifs is 2. The lowest BCUT2D eigenvalue weighted by molar-refractivity contribution is -0.289. The summed E-state index contributed by atoms with van der Waals surface area (Å²) in [6, 6.07) is 4.39. The summed E-state index contributed by atoms with van der Waals surface area (Å²) in [5.74, 6) is 1.70. The van der Waals surface area contributed by atoms with Gasteiger partial charge in [0.05, 0.1) is 12.2 Å². The molecule has 5 fully saturated rings. The van der Waals surface area contributed by atoms with Crippen LogP contribution in [0.4, 0.5) is 0 Å². The molecule has 0 radical (unpaired) electrons. The van der Waals surface area contributed by atoms with E-state index in [2.05, 4.69) is 31.7 Å². The maximum absolute atomic E-state index is 12.2. The van der Waals surface area contributed by atoms with Gasteiger partial charge < -0.3 is 20.1 Å². The molecule has 2 heterocycles. The van der Waals surface area contributed by atoms with Gasteiger partial charge in [0.1, 0.15) is 6.10 Å². The molecule has 5 aliphatic carbocycles. The number of phenolic OH excluding ortho intramolecular Hbond substituents is 1. The zero-order chi connectivity index (χ0) is 23.9. The summed E-state index contributed by atoms with van der Waals surface area (Å²) in [5.41, 5.74) is 0.649. The Hall–Kier alpha value is -1.30. The lowest BCUT2D eigenvalue weighted by Gasteiger charge is -2.76. The first-order chi connectivity index (χ1) is 16.0. The summed E-state index contributed by atoms with van der Waals surface area (Å²) < 4.78 is 6.86. The van der Waals surface area contributed by atoms with Crippen LogP contribution >= 0.6 is 0 Å². The van der Waals surface area contributed by atoms with Gasteiger partial charge in [0.25, 0.3) is 0 Å². The highest BCUT2D eigenvalue weighted by molar-refractivity contribution is 5.63. The Balaban J connectivity index is 1.47. The van der Waals surface area contributed by atoms with Gasteiger partial charge in [-0.2, -0.15) is 0 Å². The summed E-state index contributed by atoms with van der Waals surface area (Å²) in [5, 5.41) is 34.2. The van der Waals surface area contributed by atoms with Gasteiger partial charge in [-0.3, -0.25) is 4.90 Å². The van der Waals surface area contributed by atoms with Gasteiger partial charge in [-0.25, -0.2) is 0 Å². The van der Waals surface area contributed by atoms with Crippen LogP contribution in [0.5, 0.6) is 11.5 Å². The van der Waals surface area contributed by atoms with Crippen molar-refractivity contribution >= 4 is 0 Å². The van der Waals surface area contributed by atoms with Crippen molar-refractivity contribution in [2.75, 3.05) is 19.7 Å². The number of aliphatic hydroxyl groups excluding tert-OH is 1. The molecule has 7 atom stereocenters. The number of aliphatic hydroxyl groups is 2. The normalized spacial score (nSPS) is 43.9. The SMILES string of the molecule is CC(C)(C)C(C)(O)[C@H]1CC23CC[C@@]1(CO)C1Oc4c(O)ccc5c4[C@@]12CCN(CC1CC1)[C@@H]3C5. The van der Waals surface area contributed by atoms with Gasteiger partial charge in [-0.1, -0.05) is 26.8 Å². The van der Waals surface area contributed by atoms with Crippen LogP contribution in [0.1, 0.15) is 77.3 Å². The molecule has 4 bridgehead atoms. The van der Waals surface area contributed by atoms with Gasteiger partial charge in [0, 0.05) is 34.4 Å². The smallest absolute Gasteiger partial charge is 0.165 e. The van der Waals surface area contributed by atoms with Crippen molar-refractivity contribution in [3.8, 4) is 11.5 Å². The number of phenols is 1. The lowest BCUT2D eigenvalue weighted by Crippen LogP contribution is -2.81. The van der Waals surface area contributed by atoms with Crippen molar-refractivity contribution in [2.24, 2.45) is 28.1 Å². The number of likely N-dealkylation sites (tertiary alicyclic amines) is 1. The minimum Gasteiger partial charge on any atom is -0.504 e. The van der Waals surface area contributed by atoms with E-state index < -0.39 is 11.0 Å². The molecule has 5 nitrogen and oxygen atoms in total. The van der Waals surface area contributed by atoms with Crippen molar-refractivity contribution in [3.05, 3.63) is 23.3 Å². The number of aromatic hydroxyl groups is 1. The second kappa shape index (κ2) is 6.33. The highest BCUT2D eigenvalue weighted by Crippen LogP contribution is 2.79. The van der Waals surface area contributed by atoms with Crippen LogP contribution in [0.3, 0.4) is 0 Å². The molecule has 7 aliphatic rings. The lowest BCUT2D eigenvalue weighted by atomic mass is 9.31. The summed E-state index contributed by atoms with van der Waals surface area (Å²) in [7, 11) is 0. The Morgan fingerprint density at radius 1 is 1.12 bits per heavy atom. The molecule has 4 saturated carbocycles. The second-order valence-electron chi connectivity index (χ2n) is 14.0. The number of rotatable bonds is 4. The Morgan fingerprint density at radius 2 is 1.88 bits per heavy atom. The Labute approximate surface area is 203 Å². The third-order valence-electron chi connectivity index (χ3n) is 12.0.